The van der Waals surface area contributed by atoms with E-state index in [0.717, 1.165) is 0 Å². The van der Waals surface area contributed by atoms with Gasteiger partial charge in [-0.25, -0.2) is 0 Å². The minimum atomic E-state index is -1.22. The van der Waals surface area contributed by atoms with Crippen molar-refractivity contribution in [3.05, 3.63) is 22.8 Å². The molecule has 82 valence electrons. The SMILES string of the molecule is Cc1cc(C(=O)C(Cl)Cl)c(O)c(C)c1O. The van der Waals surface area contributed by atoms with Crippen molar-refractivity contribution in [3.63, 3.8) is 0 Å². The van der Waals surface area contributed by atoms with E-state index in [1.807, 2.05) is 0 Å². The highest BCUT2D eigenvalue weighted by molar-refractivity contribution is 6.55. The number of hydrogen-bond acceptors (Lipinski definition) is 3. The van der Waals surface area contributed by atoms with Gasteiger partial charge < -0.3 is 10.2 Å². The molecule has 0 aliphatic heterocycles. The van der Waals surface area contributed by atoms with Gasteiger partial charge in [-0.05, 0) is 25.5 Å². The van der Waals surface area contributed by atoms with Crippen molar-refractivity contribution in [2.75, 3.05) is 0 Å². The van der Waals surface area contributed by atoms with E-state index in [0.29, 0.717) is 5.56 Å². The highest BCUT2D eigenvalue weighted by atomic mass is 35.5. The molecule has 5 heteroatoms. The largest absolute Gasteiger partial charge is 0.507 e. The summed E-state index contributed by atoms with van der Waals surface area (Å²) in [6, 6.07) is 1.36. The smallest absolute Gasteiger partial charge is 0.199 e. The Hall–Kier alpha value is -0.930. The van der Waals surface area contributed by atoms with Crippen LogP contribution in [0.3, 0.4) is 0 Å². The van der Waals surface area contributed by atoms with Crippen molar-refractivity contribution in [2.45, 2.75) is 18.7 Å². The first-order valence-corrected chi connectivity index (χ1v) is 5.08. The van der Waals surface area contributed by atoms with Crippen LogP contribution in [0, 0.1) is 13.8 Å². The molecular formula is C10H10Cl2O3. The zero-order chi connectivity index (χ0) is 11.7. The fourth-order valence-electron chi connectivity index (χ4n) is 1.27. The van der Waals surface area contributed by atoms with E-state index in [2.05, 4.69) is 0 Å². The highest BCUT2D eigenvalue weighted by Gasteiger charge is 2.21. The second-order valence-electron chi connectivity index (χ2n) is 3.23. The van der Waals surface area contributed by atoms with Gasteiger partial charge in [-0.1, -0.05) is 23.2 Å². The monoisotopic (exact) mass is 248 g/mol. The quantitative estimate of drug-likeness (QED) is 0.625. The molecule has 1 rings (SSSR count). The van der Waals surface area contributed by atoms with E-state index in [1.165, 1.54) is 13.0 Å². The van der Waals surface area contributed by atoms with Gasteiger partial charge in [0.25, 0.3) is 0 Å². The zero-order valence-electron chi connectivity index (χ0n) is 8.21. The highest BCUT2D eigenvalue weighted by Crippen LogP contribution is 2.34. The minimum absolute atomic E-state index is 0.0257. The van der Waals surface area contributed by atoms with Gasteiger partial charge in [-0.3, -0.25) is 4.79 Å². The summed E-state index contributed by atoms with van der Waals surface area (Å²) < 4.78 is 0. The zero-order valence-corrected chi connectivity index (χ0v) is 9.73. The van der Waals surface area contributed by atoms with E-state index in [9.17, 15) is 15.0 Å². The number of carbonyl (C=O) groups excluding carboxylic acids is 1. The molecule has 2 N–H and O–H groups in total. The van der Waals surface area contributed by atoms with Gasteiger partial charge in [0, 0.05) is 5.56 Å². The number of alkyl halides is 2. The van der Waals surface area contributed by atoms with Crippen LogP contribution >= 0.6 is 23.2 Å². The first-order valence-electron chi connectivity index (χ1n) is 4.20. The second kappa shape index (κ2) is 4.29. The first kappa shape index (κ1) is 12.1. The number of halogens is 2. The van der Waals surface area contributed by atoms with Gasteiger partial charge in [0.05, 0.1) is 5.56 Å². The van der Waals surface area contributed by atoms with E-state index in [-0.39, 0.29) is 22.6 Å². The molecule has 1 aromatic rings. The fourth-order valence-corrected chi connectivity index (χ4v) is 1.50. The Kier molecular flexibility index (Phi) is 3.47. The van der Waals surface area contributed by atoms with Crippen LogP contribution in [0.2, 0.25) is 0 Å². The Morgan fingerprint density at radius 2 is 1.80 bits per heavy atom. The van der Waals surface area contributed by atoms with Crippen LogP contribution in [-0.2, 0) is 0 Å². The lowest BCUT2D eigenvalue weighted by Crippen LogP contribution is -2.09. The Balaban J connectivity index is 3.39. The number of Topliss-reactive ketones (excluding diaryl/α,β-unsaturated/α-hetero) is 1. The molecule has 0 saturated carbocycles. The molecule has 1 aromatic carbocycles. The summed E-state index contributed by atoms with van der Waals surface area (Å²) in [5.74, 6) is -0.902. The average molecular weight is 249 g/mol. The molecule has 0 radical (unpaired) electrons. The van der Waals surface area contributed by atoms with Gasteiger partial charge in [0.2, 0.25) is 0 Å². The summed E-state index contributed by atoms with van der Waals surface area (Å²) in [5.41, 5.74) is 0.757. The van der Waals surface area contributed by atoms with Gasteiger partial charge in [-0.2, -0.15) is 0 Å². The van der Waals surface area contributed by atoms with Crippen LogP contribution in [0.1, 0.15) is 21.5 Å². The average Bonchev–Trinajstić information content (AvgIpc) is 2.19. The Labute approximate surface area is 97.2 Å². The van der Waals surface area contributed by atoms with E-state index in [4.69, 9.17) is 23.2 Å². The summed E-state index contributed by atoms with van der Waals surface area (Å²) in [6.07, 6.45) is 0. The number of aryl methyl sites for hydroxylation is 1. The standard InChI is InChI=1S/C10H10Cl2O3/c1-4-3-6(9(15)10(11)12)8(14)5(2)7(4)13/h3,10,13-14H,1-2H3. The normalized spacial score (nSPS) is 10.7. The maximum Gasteiger partial charge on any atom is 0.199 e. The Morgan fingerprint density at radius 3 is 2.27 bits per heavy atom. The van der Waals surface area contributed by atoms with Crippen LogP contribution in [0.5, 0.6) is 11.5 Å². The third-order valence-corrected chi connectivity index (χ3v) is 2.56. The Morgan fingerprint density at radius 1 is 1.27 bits per heavy atom. The van der Waals surface area contributed by atoms with Crippen molar-refractivity contribution in [1.82, 2.24) is 0 Å². The number of aromatic hydroxyl groups is 2. The van der Waals surface area contributed by atoms with Crippen molar-refractivity contribution in [3.8, 4) is 11.5 Å². The molecule has 0 aromatic heterocycles. The molecule has 0 unspecified atom stereocenters. The third-order valence-electron chi connectivity index (χ3n) is 2.16. The maximum atomic E-state index is 11.5. The molecular weight excluding hydrogens is 239 g/mol. The number of ketones is 1. The number of rotatable bonds is 2. The van der Waals surface area contributed by atoms with Crippen LogP contribution in [0.25, 0.3) is 0 Å². The summed E-state index contributed by atoms with van der Waals surface area (Å²) in [5, 5.41) is 19.1. The van der Waals surface area contributed by atoms with Gasteiger partial charge in [-0.15, -0.1) is 0 Å². The van der Waals surface area contributed by atoms with E-state index >= 15 is 0 Å². The summed E-state index contributed by atoms with van der Waals surface area (Å²) in [4.78, 5) is 10.3. The molecule has 0 aliphatic carbocycles. The number of carbonyl (C=O) groups is 1. The maximum absolute atomic E-state index is 11.5. The second-order valence-corrected chi connectivity index (χ2v) is 4.32. The minimum Gasteiger partial charge on any atom is -0.507 e. The summed E-state index contributed by atoms with van der Waals surface area (Å²) in [7, 11) is 0. The number of hydrogen-bond donors (Lipinski definition) is 2. The van der Waals surface area contributed by atoms with Crippen LogP contribution < -0.4 is 0 Å². The van der Waals surface area contributed by atoms with Gasteiger partial charge in [0.15, 0.2) is 10.6 Å². The van der Waals surface area contributed by atoms with Crippen molar-refractivity contribution >= 4 is 29.0 Å². The van der Waals surface area contributed by atoms with Crippen molar-refractivity contribution in [2.24, 2.45) is 0 Å². The molecule has 0 spiro atoms. The van der Waals surface area contributed by atoms with E-state index < -0.39 is 10.6 Å². The van der Waals surface area contributed by atoms with Crippen LogP contribution in [0.15, 0.2) is 6.07 Å². The molecule has 0 aliphatic rings. The molecule has 15 heavy (non-hydrogen) atoms. The molecule has 0 fully saturated rings. The predicted octanol–water partition coefficient (Wildman–Crippen LogP) is 2.70. The topological polar surface area (TPSA) is 57.5 Å². The lowest BCUT2D eigenvalue weighted by molar-refractivity contribution is 0.100. The molecule has 0 saturated heterocycles. The van der Waals surface area contributed by atoms with Crippen molar-refractivity contribution < 1.29 is 15.0 Å². The lowest BCUT2D eigenvalue weighted by Gasteiger charge is -2.10. The van der Waals surface area contributed by atoms with Gasteiger partial charge in [0.1, 0.15) is 11.5 Å². The van der Waals surface area contributed by atoms with Crippen LogP contribution in [0.4, 0.5) is 0 Å². The summed E-state index contributed by atoms with van der Waals surface area (Å²) >= 11 is 10.8. The van der Waals surface area contributed by atoms with Gasteiger partial charge >= 0.3 is 0 Å². The fraction of sp³-hybridized carbons (Fsp3) is 0.300. The predicted molar refractivity (Wildman–Crippen MR) is 59.1 cm³/mol. The third kappa shape index (κ3) is 2.19. The number of benzene rings is 1. The molecule has 3 nitrogen and oxygen atoms in total. The van der Waals surface area contributed by atoms with Crippen molar-refractivity contribution in [1.29, 1.82) is 0 Å². The molecule has 0 amide bonds. The first-order chi connectivity index (χ1) is 6.86. The Bertz CT molecular complexity index is 414. The number of phenolic OH excluding ortho intramolecular Hbond substituents is 2. The molecule has 0 atom stereocenters. The number of phenols is 2. The molecule has 0 heterocycles. The molecule has 0 bridgehead atoms. The summed E-state index contributed by atoms with van der Waals surface area (Å²) in [6.45, 7) is 3.13. The van der Waals surface area contributed by atoms with E-state index in [1.54, 1.807) is 6.92 Å². The van der Waals surface area contributed by atoms with Crippen LogP contribution in [-0.4, -0.2) is 20.8 Å². The lowest BCUT2D eigenvalue weighted by atomic mass is 10.0.